The van der Waals surface area contributed by atoms with Crippen molar-refractivity contribution < 1.29 is 14.3 Å². The Morgan fingerprint density at radius 2 is 1.93 bits per heavy atom. The number of carbonyl (C=O) groups excluding carboxylic acids is 2. The fourth-order valence-electron chi connectivity index (χ4n) is 2.63. The smallest absolute Gasteiger partial charge is 0.408 e. The first-order valence-corrected chi connectivity index (χ1v) is 9.32. The Kier molecular flexibility index (Phi) is 7.09. The van der Waals surface area contributed by atoms with Crippen LogP contribution in [0.3, 0.4) is 0 Å². The molecular weight excluding hydrogens is 356 g/mol. The van der Waals surface area contributed by atoms with E-state index in [4.69, 9.17) is 4.74 Å². The van der Waals surface area contributed by atoms with Crippen LogP contribution in [0.25, 0.3) is 10.9 Å². The van der Waals surface area contributed by atoms with Gasteiger partial charge in [-0.15, -0.1) is 0 Å². The van der Waals surface area contributed by atoms with Gasteiger partial charge in [-0.25, -0.2) is 10.2 Å². The topological polar surface area (TPSA) is 92.7 Å². The summed E-state index contributed by atoms with van der Waals surface area (Å²) < 4.78 is 5.25. The van der Waals surface area contributed by atoms with Crippen LogP contribution in [-0.2, 0) is 9.53 Å². The predicted octanol–water partition coefficient (Wildman–Crippen LogP) is 3.62. The highest BCUT2D eigenvalue weighted by Crippen LogP contribution is 2.14. The Bertz CT molecular complexity index is 851. The molecule has 2 amide bonds. The molecule has 2 rings (SSSR count). The van der Waals surface area contributed by atoms with Crippen molar-refractivity contribution in [3.05, 3.63) is 42.1 Å². The van der Waals surface area contributed by atoms with Crippen molar-refractivity contribution in [3.63, 3.8) is 0 Å². The molecule has 0 fully saturated rings. The van der Waals surface area contributed by atoms with Crippen LogP contribution >= 0.6 is 0 Å². The molecule has 0 aliphatic heterocycles. The fraction of sp³-hybridized carbons (Fsp3) is 0.429. The molecule has 2 aromatic rings. The van der Waals surface area contributed by atoms with Crippen LogP contribution in [0, 0.1) is 5.92 Å². The van der Waals surface area contributed by atoms with Crippen LogP contribution in [0.1, 0.15) is 46.6 Å². The van der Waals surface area contributed by atoms with E-state index in [2.05, 4.69) is 20.8 Å². The summed E-state index contributed by atoms with van der Waals surface area (Å²) in [5.74, 6) is -0.194. The quantitative estimate of drug-likeness (QED) is 0.588. The number of hydrogen-bond acceptors (Lipinski definition) is 5. The highest BCUT2D eigenvalue weighted by Gasteiger charge is 2.25. The Hall–Kier alpha value is -2.96. The zero-order chi connectivity index (χ0) is 20.7. The number of fused-ring (bicyclic) bond motifs is 1. The van der Waals surface area contributed by atoms with Gasteiger partial charge >= 0.3 is 6.09 Å². The number of rotatable bonds is 6. The lowest BCUT2D eigenvalue weighted by Crippen LogP contribution is -2.47. The molecule has 150 valence electrons. The molecule has 0 aliphatic rings. The third kappa shape index (κ3) is 6.64. The lowest BCUT2D eigenvalue weighted by Gasteiger charge is -2.23. The molecule has 1 atom stereocenters. The minimum Gasteiger partial charge on any atom is -0.444 e. The van der Waals surface area contributed by atoms with Crippen molar-refractivity contribution in [3.8, 4) is 0 Å². The van der Waals surface area contributed by atoms with Crippen LogP contribution < -0.4 is 10.7 Å². The van der Waals surface area contributed by atoms with Gasteiger partial charge in [0.1, 0.15) is 11.6 Å². The summed E-state index contributed by atoms with van der Waals surface area (Å²) in [4.78, 5) is 28.9. The van der Waals surface area contributed by atoms with Crippen molar-refractivity contribution in [2.24, 2.45) is 11.0 Å². The van der Waals surface area contributed by atoms with Crippen LogP contribution in [-0.4, -0.2) is 34.8 Å². The summed E-state index contributed by atoms with van der Waals surface area (Å²) in [6, 6.07) is 8.82. The first-order chi connectivity index (χ1) is 13.2. The molecule has 2 N–H and O–H groups in total. The largest absolute Gasteiger partial charge is 0.444 e. The number of benzene rings is 1. The molecule has 0 unspecified atom stereocenters. The Labute approximate surface area is 165 Å². The second kappa shape index (κ2) is 9.30. The normalized spacial score (nSPS) is 12.9. The molecule has 1 aromatic carbocycles. The molecule has 28 heavy (non-hydrogen) atoms. The number of nitrogens with one attached hydrogen (secondary N) is 2. The summed E-state index contributed by atoms with van der Waals surface area (Å²) in [5, 5.41) is 7.66. The Morgan fingerprint density at radius 1 is 1.21 bits per heavy atom. The molecule has 7 heteroatoms. The van der Waals surface area contributed by atoms with E-state index in [1.165, 1.54) is 0 Å². The predicted molar refractivity (Wildman–Crippen MR) is 110 cm³/mol. The maximum absolute atomic E-state index is 12.5. The first kappa shape index (κ1) is 21.3. The van der Waals surface area contributed by atoms with Gasteiger partial charge < -0.3 is 10.1 Å². The van der Waals surface area contributed by atoms with Gasteiger partial charge in [0, 0.05) is 17.1 Å². The Morgan fingerprint density at radius 3 is 2.61 bits per heavy atom. The third-order valence-corrected chi connectivity index (χ3v) is 3.76. The third-order valence-electron chi connectivity index (χ3n) is 3.76. The highest BCUT2D eigenvalue weighted by molar-refractivity contribution is 5.97. The van der Waals surface area contributed by atoms with Gasteiger partial charge in [-0.2, -0.15) is 5.10 Å². The number of pyridine rings is 1. The van der Waals surface area contributed by atoms with Crippen LogP contribution in [0.2, 0.25) is 0 Å². The highest BCUT2D eigenvalue weighted by atomic mass is 16.6. The maximum Gasteiger partial charge on any atom is 0.408 e. The second-order valence-corrected chi connectivity index (χ2v) is 7.98. The van der Waals surface area contributed by atoms with E-state index < -0.39 is 23.6 Å². The van der Waals surface area contributed by atoms with E-state index in [1.54, 1.807) is 33.2 Å². The van der Waals surface area contributed by atoms with E-state index in [0.29, 0.717) is 6.42 Å². The van der Waals surface area contributed by atoms with Crippen molar-refractivity contribution in [2.45, 2.75) is 52.7 Å². The van der Waals surface area contributed by atoms with Gasteiger partial charge in [-0.3, -0.25) is 9.78 Å². The van der Waals surface area contributed by atoms with Crippen LogP contribution in [0.4, 0.5) is 4.79 Å². The van der Waals surface area contributed by atoms with Crippen molar-refractivity contribution in [1.29, 1.82) is 0 Å². The number of para-hydroxylation sites is 1. The van der Waals surface area contributed by atoms with Gasteiger partial charge in [0.25, 0.3) is 5.91 Å². The van der Waals surface area contributed by atoms with Gasteiger partial charge in [0.2, 0.25) is 0 Å². The maximum atomic E-state index is 12.5. The molecule has 0 aliphatic carbocycles. The number of nitrogens with zero attached hydrogens (tertiary/aromatic N) is 2. The van der Waals surface area contributed by atoms with E-state index in [9.17, 15) is 9.59 Å². The van der Waals surface area contributed by atoms with Gasteiger partial charge in [-0.1, -0.05) is 38.1 Å². The van der Waals surface area contributed by atoms with Crippen LogP contribution in [0.15, 0.2) is 41.6 Å². The minimum atomic E-state index is -0.738. The molecule has 1 heterocycles. The minimum absolute atomic E-state index is 0.205. The zero-order valence-corrected chi connectivity index (χ0v) is 17.0. The number of alkyl carbamates (subject to hydrolysis) is 1. The average molecular weight is 384 g/mol. The standard InChI is InChI=1S/C21H28N4O3/c1-14(2)12-17(24-20(27)28-21(3,4)5)19(26)25-23-13-16-9-6-8-15-10-7-11-22-18(15)16/h6-11,13-14,17H,12H2,1-5H3,(H,24,27)(H,25,26)/b23-13-/t17-/m1/s1. The Balaban J connectivity index is 2.06. The van der Waals surface area contributed by atoms with E-state index >= 15 is 0 Å². The summed E-state index contributed by atoms with van der Waals surface area (Å²) in [6.07, 6.45) is 3.10. The number of aromatic nitrogens is 1. The fourth-order valence-corrected chi connectivity index (χ4v) is 2.63. The summed E-state index contributed by atoms with van der Waals surface area (Å²) in [6.45, 7) is 9.26. The molecule has 0 bridgehead atoms. The number of hydrazone groups is 1. The molecule has 7 nitrogen and oxygen atoms in total. The van der Waals surface area contributed by atoms with Crippen LogP contribution in [0.5, 0.6) is 0 Å². The molecule has 0 spiro atoms. The molecular formula is C21H28N4O3. The average Bonchev–Trinajstić information content (AvgIpc) is 2.59. The molecule has 0 saturated heterocycles. The second-order valence-electron chi connectivity index (χ2n) is 7.98. The van der Waals surface area contributed by atoms with E-state index in [0.717, 1.165) is 16.5 Å². The zero-order valence-electron chi connectivity index (χ0n) is 17.0. The molecule has 0 radical (unpaired) electrons. The van der Waals surface area contributed by atoms with Gasteiger partial charge in [0.05, 0.1) is 11.7 Å². The SMILES string of the molecule is CC(C)C[C@@H](NC(=O)OC(C)(C)C)C(=O)N/N=C\c1cccc2cccnc12. The van der Waals surface area contributed by atoms with E-state index in [-0.39, 0.29) is 5.92 Å². The summed E-state index contributed by atoms with van der Waals surface area (Å²) in [5.41, 5.74) is 3.46. The van der Waals surface area contributed by atoms with Gasteiger partial charge in [0.15, 0.2) is 0 Å². The summed E-state index contributed by atoms with van der Waals surface area (Å²) in [7, 11) is 0. The lowest BCUT2D eigenvalue weighted by atomic mass is 10.0. The lowest BCUT2D eigenvalue weighted by molar-refractivity contribution is -0.123. The molecule has 0 saturated carbocycles. The van der Waals surface area contributed by atoms with Crippen molar-refractivity contribution >= 4 is 29.1 Å². The van der Waals surface area contributed by atoms with E-state index in [1.807, 2.05) is 44.2 Å². The number of amides is 2. The van der Waals surface area contributed by atoms with Crippen molar-refractivity contribution in [1.82, 2.24) is 15.7 Å². The summed E-state index contributed by atoms with van der Waals surface area (Å²) >= 11 is 0. The van der Waals surface area contributed by atoms with Gasteiger partial charge in [-0.05, 0) is 39.2 Å². The first-order valence-electron chi connectivity index (χ1n) is 9.32. The number of hydrogen-bond donors (Lipinski definition) is 2. The monoisotopic (exact) mass is 384 g/mol. The molecule has 1 aromatic heterocycles. The number of ether oxygens (including phenoxy) is 1. The van der Waals surface area contributed by atoms with Crippen molar-refractivity contribution in [2.75, 3.05) is 0 Å². The number of carbonyl (C=O) groups is 2.